The molecule has 0 aliphatic heterocycles. The van der Waals surface area contributed by atoms with Gasteiger partial charge in [-0.1, -0.05) is 55.3 Å². The molecule has 35 heavy (non-hydrogen) atoms. The largest absolute Gasteiger partial charge is 0.294 e. The van der Waals surface area contributed by atoms with Gasteiger partial charge in [-0.3, -0.25) is 14.2 Å². The zero-order valence-corrected chi connectivity index (χ0v) is 21.7. The van der Waals surface area contributed by atoms with Gasteiger partial charge in [0.2, 0.25) is 0 Å². The van der Waals surface area contributed by atoms with E-state index in [4.69, 9.17) is 16.6 Å². The van der Waals surface area contributed by atoms with E-state index >= 15 is 0 Å². The monoisotopic (exact) mass is 502 g/mol. The zero-order valence-electron chi connectivity index (χ0n) is 20.2. The van der Waals surface area contributed by atoms with Crippen LogP contribution in [0.2, 0.25) is 5.02 Å². The summed E-state index contributed by atoms with van der Waals surface area (Å²) in [6.45, 7) is 6.32. The molecule has 2 heterocycles. The van der Waals surface area contributed by atoms with Crippen molar-refractivity contribution in [2.24, 2.45) is 0 Å². The summed E-state index contributed by atoms with van der Waals surface area (Å²) in [7, 11) is 0. The number of ketones is 1. The van der Waals surface area contributed by atoms with Crippen molar-refractivity contribution in [1.29, 1.82) is 0 Å². The van der Waals surface area contributed by atoms with E-state index in [2.05, 4.69) is 32.9 Å². The van der Waals surface area contributed by atoms with Crippen LogP contribution >= 0.6 is 22.9 Å². The van der Waals surface area contributed by atoms with Gasteiger partial charge < -0.3 is 0 Å². The molecule has 2 aromatic carbocycles. The number of carbonyl (C=O) groups excluding carboxylic acids is 1. The van der Waals surface area contributed by atoms with Gasteiger partial charge in [-0.15, -0.1) is 11.3 Å². The minimum atomic E-state index is -0.108. The highest BCUT2D eigenvalue weighted by Crippen LogP contribution is 2.33. The highest BCUT2D eigenvalue weighted by atomic mass is 35.5. The third-order valence-electron chi connectivity index (χ3n) is 6.69. The Labute approximate surface area is 214 Å². The van der Waals surface area contributed by atoms with Crippen LogP contribution in [0, 0.1) is 6.92 Å². The first-order valence-corrected chi connectivity index (χ1v) is 13.3. The van der Waals surface area contributed by atoms with Crippen molar-refractivity contribution in [3.05, 3.63) is 91.2 Å². The standard InChI is InChI=1S/C29H27ClN2O2S/c1-4-18-13-17(3)14-19(5-2)27(18)32-25-7-6-8-26(33)22(25)15-23(29(32)34)28-31-24(16-35-28)20-9-11-21(30)12-10-20/h9-16H,4-8H2,1-3H3. The molecule has 4 aromatic rings. The van der Waals surface area contributed by atoms with E-state index in [-0.39, 0.29) is 11.3 Å². The van der Waals surface area contributed by atoms with Crippen LogP contribution in [-0.4, -0.2) is 15.3 Å². The van der Waals surface area contributed by atoms with Crippen molar-refractivity contribution in [2.75, 3.05) is 0 Å². The Hall–Kier alpha value is -3.02. The number of fused-ring (bicyclic) bond motifs is 1. The van der Waals surface area contributed by atoms with Gasteiger partial charge in [-0.25, -0.2) is 4.98 Å². The predicted molar refractivity (Wildman–Crippen MR) is 144 cm³/mol. The average molecular weight is 503 g/mol. The Balaban J connectivity index is 1.77. The number of halogens is 1. The lowest BCUT2D eigenvalue weighted by atomic mass is 9.91. The molecule has 2 aromatic heterocycles. The predicted octanol–water partition coefficient (Wildman–Crippen LogP) is 7.23. The van der Waals surface area contributed by atoms with Gasteiger partial charge in [0.1, 0.15) is 5.01 Å². The van der Waals surface area contributed by atoms with Crippen molar-refractivity contribution in [3.63, 3.8) is 0 Å². The fourth-order valence-electron chi connectivity index (χ4n) is 4.99. The van der Waals surface area contributed by atoms with E-state index in [1.54, 1.807) is 6.07 Å². The molecular weight excluding hydrogens is 476 g/mol. The number of hydrogen-bond acceptors (Lipinski definition) is 4. The molecule has 5 rings (SSSR count). The molecule has 1 aliphatic carbocycles. The van der Waals surface area contributed by atoms with Crippen LogP contribution < -0.4 is 5.56 Å². The molecule has 0 saturated carbocycles. The van der Waals surface area contributed by atoms with Crippen molar-refractivity contribution < 1.29 is 4.79 Å². The van der Waals surface area contributed by atoms with Crippen molar-refractivity contribution in [2.45, 2.75) is 52.9 Å². The normalized spacial score (nSPS) is 13.2. The number of rotatable bonds is 5. The summed E-state index contributed by atoms with van der Waals surface area (Å²) in [6.07, 6.45) is 3.60. The van der Waals surface area contributed by atoms with Gasteiger partial charge in [-0.05, 0) is 61.9 Å². The number of Topliss-reactive ketones (excluding diaryl/α,β-unsaturated/α-hetero) is 1. The van der Waals surface area contributed by atoms with Crippen LogP contribution in [0.15, 0.2) is 52.6 Å². The number of hydrogen-bond donors (Lipinski definition) is 0. The molecular formula is C29H27ClN2O2S. The van der Waals surface area contributed by atoms with Crippen LogP contribution in [0.1, 0.15) is 59.4 Å². The molecule has 0 unspecified atom stereocenters. The fourth-order valence-corrected chi connectivity index (χ4v) is 5.96. The Morgan fingerprint density at radius 3 is 2.31 bits per heavy atom. The molecule has 0 N–H and O–H groups in total. The van der Waals surface area contributed by atoms with Gasteiger partial charge in [0.15, 0.2) is 5.78 Å². The summed E-state index contributed by atoms with van der Waals surface area (Å²) in [5, 5.41) is 3.24. The maximum atomic E-state index is 14.2. The average Bonchev–Trinajstić information content (AvgIpc) is 3.34. The number of carbonyl (C=O) groups is 1. The number of nitrogens with zero attached hydrogens (tertiary/aromatic N) is 2. The molecule has 0 radical (unpaired) electrons. The lowest BCUT2D eigenvalue weighted by Crippen LogP contribution is -2.30. The summed E-state index contributed by atoms with van der Waals surface area (Å²) < 4.78 is 1.84. The minimum Gasteiger partial charge on any atom is -0.294 e. The van der Waals surface area contributed by atoms with E-state index < -0.39 is 0 Å². The smallest absolute Gasteiger partial charge is 0.265 e. The highest BCUT2D eigenvalue weighted by molar-refractivity contribution is 7.13. The topological polar surface area (TPSA) is 52.0 Å². The minimum absolute atomic E-state index is 0.0962. The second-order valence-electron chi connectivity index (χ2n) is 9.02. The van der Waals surface area contributed by atoms with Crippen molar-refractivity contribution in [1.82, 2.24) is 9.55 Å². The van der Waals surface area contributed by atoms with E-state index in [1.165, 1.54) is 16.9 Å². The lowest BCUT2D eigenvalue weighted by Gasteiger charge is -2.25. The summed E-state index contributed by atoms with van der Waals surface area (Å²) in [4.78, 5) is 32.0. The first-order chi connectivity index (χ1) is 16.9. The molecule has 178 valence electrons. The third kappa shape index (κ3) is 4.28. The van der Waals surface area contributed by atoms with Gasteiger partial charge in [0, 0.05) is 33.6 Å². The first kappa shape index (κ1) is 23.7. The SMILES string of the molecule is CCc1cc(C)cc(CC)c1-n1c2c(cc(-c3nc(-c4ccc(Cl)cc4)cs3)c1=O)C(=O)CCC2. The van der Waals surface area contributed by atoms with Gasteiger partial charge in [0.05, 0.1) is 16.9 Å². The van der Waals surface area contributed by atoms with E-state index in [9.17, 15) is 9.59 Å². The quantitative estimate of drug-likeness (QED) is 0.289. The third-order valence-corrected chi connectivity index (χ3v) is 7.82. The maximum absolute atomic E-state index is 14.2. The van der Waals surface area contributed by atoms with E-state index in [0.717, 1.165) is 53.0 Å². The molecule has 0 spiro atoms. The van der Waals surface area contributed by atoms with Crippen LogP contribution in [0.4, 0.5) is 0 Å². The highest BCUT2D eigenvalue weighted by Gasteiger charge is 2.27. The van der Waals surface area contributed by atoms with Crippen LogP contribution in [0.25, 0.3) is 27.5 Å². The Morgan fingerprint density at radius 2 is 1.66 bits per heavy atom. The summed E-state index contributed by atoms with van der Waals surface area (Å²) in [5.74, 6) is 0.0962. The van der Waals surface area contributed by atoms with Crippen molar-refractivity contribution >= 4 is 28.7 Å². The van der Waals surface area contributed by atoms with E-state index in [0.29, 0.717) is 34.0 Å². The molecule has 0 fully saturated rings. The molecule has 0 atom stereocenters. The summed E-state index contributed by atoms with van der Waals surface area (Å²) in [6, 6.07) is 13.6. The van der Waals surface area contributed by atoms with E-state index in [1.807, 2.05) is 34.2 Å². The maximum Gasteiger partial charge on any atom is 0.265 e. The van der Waals surface area contributed by atoms with Gasteiger partial charge >= 0.3 is 0 Å². The molecule has 4 nitrogen and oxygen atoms in total. The van der Waals surface area contributed by atoms with Crippen LogP contribution in [0.3, 0.4) is 0 Å². The number of aryl methyl sites for hydroxylation is 3. The molecule has 0 saturated heterocycles. The first-order valence-electron chi connectivity index (χ1n) is 12.1. The number of thiazole rings is 1. The lowest BCUT2D eigenvalue weighted by molar-refractivity contribution is 0.0971. The molecule has 0 amide bonds. The second-order valence-corrected chi connectivity index (χ2v) is 10.3. The number of pyridine rings is 1. The zero-order chi connectivity index (χ0) is 24.7. The fraction of sp³-hybridized carbons (Fsp3) is 0.276. The molecule has 0 bridgehead atoms. The molecule has 6 heteroatoms. The van der Waals surface area contributed by atoms with Crippen LogP contribution in [0.5, 0.6) is 0 Å². The van der Waals surface area contributed by atoms with Crippen LogP contribution in [-0.2, 0) is 19.3 Å². The Kier molecular flexibility index (Phi) is 6.47. The summed E-state index contributed by atoms with van der Waals surface area (Å²) in [5.41, 5.74) is 7.96. The number of benzene rings is 2. The Morgan fingerprint density at radius 1 is 0.971 bits per heavy atom. The second kappa shape index (κ2) is 9.56. The summed E-state index contributed by atoms with van der Waals surface area (Å²) >= 11 is 7.47. The van der Waals surface area contributed by atoms with Gasteiger partial charge in [-0.2, -0.15) is 0 Å². The van der Waals surface area contributed by atoms with Gasteiger partial charge in [0.25, 0.3) is 5.56 Å². The number of aromatic nitrogens is 2. The van der Waals surface area contributed by atoms with Crippen molar-refractivity contribution in [3.8, 4) is 27.5 Å². The Bertz CT molecular complexity index is 1470. The molecule has 1 aliphatic rings.